The minimum Gasteiger partial charge on any atom is -0.458 e. The maximum atomic E-state index is 12.6. The lowest BCUT2D eigenvalue weighted by Crippen LogP contribution is -2.37. The van der Waals surface area contributed by atoms with Gasteiger partial charge < -0.3 is 18.9 Å². The van der Waals surface area contributed by atoms with E-state index >= 15 is 0 Å². The maximum absolute atomic E-state index is 12.6. The summed E-state index contributed by atoms with van der Waals surface area (Å²) in [5, 5.41) is 0. The Kier molecular flexibility index (Phi) is 32.3. The summed E-state index contributed by atoms with van der Waals surface area (Å²) in [6, 6.07) is 0. The summed E-state index contributed by atoms with van der Waals surface area (Å²) in [4.78, 5) is 35.1. The summed E-state index contributed by atoms with van der Waals surface area (Å²) in [5.74, 6) is -1.05. The van der Waals surface area contributed by atoms with Gasteiger partial charge in [0.2, 0.25) is 0 Å². The van der Waals surface area contributed by atoms with E-state index in [0.29, 0.717) is 17.4 Å². The van der Waals surface area contributed by atoms with E-state index in [0.717, 1.165) is 25.7 Å². The predicted octanol–water partition coefficient (Wildman–Crippen LogP) is 10.8. The van der Waals surface area contributed by atoms with E-state index in [9.17, 15) is 19.0 Å². The van der Waals surface area contributed by atoms with Crippen molar-refractivity contribution in [2.24, 2.45) is 0 Å². The van der Waals surface area contributed by atoms with Crippen LogP contribution in [0, 0.1) is 0 Å². The molecule has 0 fully saturated rings. The van der Waals surface area contributed by atoms with Gasteiger partial charge in [0.15, 0.2) is 6.10 Å². The lowest BCUT2D eigenvalue weighted by atomic mass is 10.0. The molecule has 0 aromatic carbocycles. The lowest BCUT2D eigenvalue weighted by molar-refractivity contribution is -0.870. The average Bonchev–Trinajstić information content (AvgIpc) is 3.06. The molecule has 0 aliphatic rings. The Labute approximate surface area is 307 Å². The van der Waals surface area contributed by atoms with Crippen LogP contribution in [0.5, 0.6) is 0 Å². The Morgan fingerprint density at radius 1 is 0.660 bits per heavy atom. The highest BCUT2D eigenvalue weighted by Crippen LogP contribution is 2.43. The summed E-state index contributed by atoms with van der Waals surface area (Å²) >= 11 is 0. The molecule has 50 heavy (non-hydrogen) atoms. The van der Waals surface area contributed by atoms with Crippen molar-refractivity contribution in [3.63, 3.8) is 0 Å². The van der Waals surface area contributed by atoms with E-state index in [-0.39, 0.29) is 19.6 Å². The zero-order valence-electron chi connectivity index (χ0n) is 32.9. The van der Waals surface area contributed by atoms with Crippen LogP contribution in [-0.2, 0) is 32.7 Å². The number of ether oxygens (including phenoxy) is 2. The van der Waals surface area contributed by atoms with Crippen molar-refractivity contribution in [2.75, 3.05) is 47.5 Å². The number of phosphoric ester groups is 1. The first-order valence-corrected chi connectivity index (χ1v) is 21.6. The number of nitrogens with zero attached hydrogens (tertiary/aromatic N) is 1. The Bertz CT molecular complexity index is 918. The van der Waals surface area contributed by atoms with E-state index in [1.807, 2.05) is 33.3 Å². The van der Waals surface area contributed by atoms with Gasteiger partial charge in [-0.3, -0.25) is 13.8 Å². The van der Waals surface area contributed by atoms with Gasteiger partial charge in [-0.05, 0) is 19.3 Å². The molecule has 0 aliphatic carbocycles. The minimum absolute atomic E-state index is 0.0210. The molecule has 0 aromatic rings. The fraction of sp³-hybridized carbons (Fsp3) is 0.850. The molecule has 0 spiro atoms. The summed E-state index contributed by atoms with van der Waals surface area (Å²) in [5.41, 5.74) is 0. The van der Waals surface area contributed by atoms with Gasteiger partial charge >= 0.3 is 19.8 Å². The van der Waals surface area contributed by atoms with Crippen LogP contribution in [-0.4, -0.2) is 74.9 Å². The Hall–Kier alpha value is -1.51. The second-order valence-electron chi connectivity index (χ2n) is 14.8. The first-order valence-electron chi connectivity index (χ1n) is 20.1. The van der Waals surface area contributed by atoms with Gasteiger partial charge in [0.1, 0.15) is 19.8 Å². The first kappa shape index (κ1) is 48.5. The highest BCUT2D eigenvalue weighted by Gasteiger charge is 2.26. The number of carbonyl (C=O) groups is 2. The monoisotopic (exact) mass is 731 g/mol. The van der Waals surface area contributed by atoms with Gasteiger partial charge in [0, 0.05) is 12.5 Å². The molecule has 9 nitrogen and oxygen atoms in total. The van der Waals surface area contributed by atoms with Crippen LogP contribution in [0.15, 0.2) is 24.3 Å². The molecule has 1 unspecified atom stereocenters. The van der Waals surface area contributed by atoms with Crippen molar-refractivity contribution in [1.29, 1.82) is 0 Å². The van der Waals surface area contributed by atoms with Crippen LogP contribution >= 0.6 is 7.82 Å². The molecule has 1 N–H and O–H groups in total. The molecule has 0 aromatic heterocycles. The molecule has 0 bridgehead atoms. The van der Waals surface area contributed by atoms with E-state index in [4.69, 9.17) is 18.5 Å². The number of hydrogen-bond acceptors (Lipinski definition) is 7. The van der Waals surface area contributed by atoms with Crippen molar-refractivity contribution in [2.45, 2.75) is 174 Å². The SMILES string of the molecule is CCCCCCCCCCCC=CC=CC(=O)OC[C@H](COP(=O)(O)OCC[N+](C)(C)C)OC(=O)CCCCCCCCCCCCCCC. The number of phosphoric acid groups is 1. The zero-order chi connectivity index (χ0) is 37.2. The molecule has 2 atom stereocenters. The standard InChI is InChI=1S/C40H76NO8P/c1-6-8-10-12-14-16-18-20-22-24-26-28-30-32-39(42)46-36-38(37-48-50(44,45)47-35-34-41(3,4)5)49-40(43)33-31-29-27-25-23-21-19-17-15-13-11-9-7-2/h26,28,30,32,38H,6-25,27,29,31,33-37H2,1-5H3/p+1/t38-/m1/s1. The number of esters is 2. The van der Waals surface area contributed by atoms with Gasteiger partial charge in [-0.25, -0.2) is 9.36 Å². The van der Waals surface area contributed by atoms with Crippen LogP contribution < -0.4 is 0 Å². The average molecular weight is 731 g/mol. The number of quaternary nitrogens is 1. The summed E-state index contributed by atoms with van der Waals surface area (Å²) in [6.45, 7) is 4.28. The van der Waals surface area contributed by atoms with Gasteiger partial charge in [0.05, 0.1) is 27.7 Å². The Morgan fingerprint density at radius 3 is 1.64 bits per heavy atom. The first-order chi connectivity index (χ1) is 24.0. The largest absolute Gasteiger partial charge is 0.472 e. The highest BCUT2D eigenvalue weighted by atomic mass is 31.2. The topological polar surface area (TPSA) is 108 Å². The van der Waals surface area contributed by atoms with Crippen molar-refractivity contribution >= 4 is 19.8 Å². The normalized spacial score (nSPS) is 14.0. The predicted molar refractivity (Wildman–Crippen MR) is 206 cm³/mol. The van der Waals surface area contributed by atoms with Crippen LogP contribution in [0.2, 0.25) is 0 Å². The zero-order valence-corrected chi connectivity index (χ0v) is 33.8. The van der Waals surface area contributed by atoms with Gasteiger partial charge in [0.25, 0.3) is 0 Å². The number of likely N-dealkylation sites (N-methyl/N-ethyl adjacent to an activating group) is 1. The molecule has 0 saturated heterocycles. The van der Waals surface area contributed by atoms with Crippen LogP contribution in [0.1, 0.15) is 168 Å². The Morgan fingerprint density at radius 2 is 1.14 bits per heavy atom. The smallest absolute Gasteiger partial charge is 0.458 e. The third kappa shape index (κ3) is 36.3. The highest BCUT2D eigenvalue weighted by molar-refractivity contribution is 7.47. The quantitative estimate of drug-likeness (QED) is 0.0169. The van der Waals surface area contributed by atoms with E-state index < -0.39 is 32.5 Å². The fourth-order valence-corrected chi connectivity index (χ4v) is 6.14. The van der Waals surface area contributed by atoms with Crippen LogP contribution in [0.25, 0.3) is 0 Å². The fourth-order valence-electron chi connectivity index (χ4n) is 5.40. The molecule has 0 aliphatic heterocycles. The van der Waals surface area contributed by atoms with Gasteiger partial charge in [-0.2, -0.15) is 0 Å². The molecule has 0 amide bonds. The van der Waals surface area contributed by atoms with Crippen molar-refractivity contribution < 1.29 is 42.1 Å². The Balaban J connectivity index is 4.51. The molecule has 0 rings (SSSR count). The second-order valence-corrected chi connectivity index (χ2v) is 16.2. The van der Waals surface area contributed by atoms with E-state index in [1.54, 1.807) is 6.08 Å². The third-order valence-electron chi connectivity index (χ3n) is 8.59. The molecule has 0 saturated carbocycles. The van der Waals surface area contributed by atoms with E-state index in [1.165, 1.54) is 122 Å². The summed E-state index contributed by atoms with van der Waals surface area (Å²) in [7, 11) is 1.44. The van der Waals surface area contributed by atoms with Crippen molar-refractivity contribution in [1.82, 2.24) is 0 Å². The maximum Gasteiger partial charge on any atom is 0.472 e. The molecular weight excluding hydrogens is 653 g/mol. The molecule has 0 radical (unpaired) electrons. The number of rotatable bonds is 36. The number of allylic oxidation sites excluding steroid dienone is 3. The second kappa shape index (κ2) is 33.3. The summed E-state index contributed by atoms with van der Waals surface area (Å²) < 4.78 is 34.0. The number of unbranched alkanes of at least 4 members (excludes halogenated alkanes) is 21. The van der Waals surface area contributed by atoms with Gasteiger partial charge in [-0.1, -0.05) is 160 Å². The lowest BCUT2D eigenvalue weighted by Gasteiger charge is -2.24. The van der Waals surface area contributed by atoms with Crippen LogP contribution in [0.3, 0.4) is 0 Å². The van der Waals surface area contributed by atoms with Gasteiger partial charge in [-0.15, -0.1) is 0 Å². The molecule has 294 valence electrons. The number of carbonyl (C=O) groups excluding carboxylic acids is 2. The van der Waals surface area contributed by atoms with Crippen molar-refractivity contribution in [3.8, 4) is 0 Å². The summed E-state index contributed by atoms with van der Waals surface area (Å²) in [6.07, 6.45) is 34.2. The molecule has 0 heterocycles. The van der Waals surface area contributed by atoms with E-state index in [2.05, 4.69) is 13.8 Å². The minimum atomic E-state index is -4.38. The molecule has 10 heteroatoms. The number of hydrogen-bond donors (Lipinski definition) is 1. The third-order valence-corrected chi connectivity index (χ3v) is 9.57. The molecular formula is C40H77NO8P+. The van der Waals surface area contributed by atoms with Crippen LogP contribution in [0.4, 0.5) is 0 Å². The van der Waals surface area contributed by atoms with Crippen molar-refractivity contribution in [3.05, 3.63) is 24.3 Å².